The highest BCUT2D eigenvalue weighted by Crippen LogP contribution is 2.40. The van der Waals surface area contributed by atoms with E-state index in [0.717, 1.165) is 0 Å². The van der Waals surface area contributed by atoms with Crippen LogP contribution in [0.15, 0.2) is 35.4 Å². The van der Waals surface area contributed by atoms with Crippen molar-refractivity contribution in [3.8, 4) is 34.5 Å². The van der Waals surface area contributed by atoms with Crippen LogP contribution in [0.3, 0.4) is 0 Å². The maximum atomic E-state index is 12.1. The Hall–Kier alpha value is -4.34. The zero-order valence-corrected chi connectivity index (χ0v) is 19.6. The lowest BCUT2D eigenvalue weighted by molar-refractivity contribution is -0.136. The molecule has 0 bridgehead atoms. The van der Waals surface area contributed by atoms with Gasteiger partial charge in [0.25, 0.3) is 0 Å². The van der Waals surface area contributed by atoms with Gasteiger partial charge in [0.2, 0.25) is 11.5 Å². The molecule has 2 aromatic carbocycles. The molecular formula is C24H26O10. The molecular weight excluding hydrogens is 448 g/mol. The number of aliphatic carboxylic acids is 2. The molecule has 0 atom stereocenters. The van der Waals surface area contributed by atoms with E-state index in [1.807, 2.05) is 0 Å². The van der Waals surface area contributed by atoms with E-state index in [4.69, 9.17) is 28.4 Å². The van der Waals surface area contributed by atoms with E-state index in [-0.39, 0.29) is 23.0 Å². The maximum Gasteiger partial charge on any atom is 0.336 e. The molecule has 0 saturated carbocycles. The Bertz CT molecular complexity index is 991. The zero-order chi connectivity index (χ0) is 25.4. The predicted molar refractivity (Wildman–Crippen MR) is 123 cm³/mol. The first-order valence-electron chi connectivity index (χ1n) is 9.74. The lowest BCUT2D eigenvalue weighted by Gasteiger charge is -2.14. The fraction of sp³-hybridized carbons (Fsp3) is 0.250. The molecule has 0 radical (unpaired) electrons. The van der Waals surface area contributed by atoms with Gasteiger partial charge in [-0.15, -0.1) is 0 Å². The minimum Gasteiger partial charge on any atom is -0.493 e. The molecule has 0 amide bonds. The lowest BCUT2D eigenvalue weighted by atomic mass is 9.99. The Kier molecular flexibility index (Phi) is 8.77. The molecule has 2 rings (SSSR count). The summed E-state index contributed by atoms with van der Waals surface area (Å²) < 4.78 is 31.7. The molecule has 2 N–H and O–H groups in total. The molecule has 2 aromatic rings. The van der Waals surface area contributed by atoms with Gasteiger partial charge in [-0.05, 0) is 47.5 Å². The molecule has 10 nitrogen and oxygen atoms in total. The zero-order valence-electron chi connectivity index (χ0n) is 19.6. The van der Waals surface area contributed by atoms with Gasteiger partial charge < -0.3 is 38.6 Å². The summed E-state index contributed by atoms with van der Waals surface area (Å²) in [7, 11) is 8.51. The van der Waals surface area contributed by atoms with Gasteiger partial charge in [0.1, 0.15) is 0 Å². The number of hydrogen-bond acceptors (Lipinski definition) is 8. The van der Waals surface area contributed by atoms with Crippen LogP contribution in [0, 0.1) is 0 Å². The summed E-state index contributed by atoms with van der Waals surface area (Å²) in [5.74, 6) is -1.15. The average molecular weight is 474 g/mol. The minimum absolute atomic E-state index is 0.281. The second kappa shape index (κ2) is 11.5. The van der Waals surface area contributed by atoms with Crippen LogP contribution in [-0.4, -0.2) is 64.8 Å². The van der Waals surface area contributed by atoms with Crippen LogP contribution >= 0.6 is 0 Å². The van der Waals surface area contributed by atoms with E-state index in [0.29, 0.717) is 22.6 Å². The van der Waals surface area contributed by atoms with Crippen LogP contribution in [0.5, 0.6) is 34.5 Å². The molecule has 0 aliphatic heterocycles. The van der Waals surface area contributed by atoms with Gasteiger partial charge >= 0.3 is 11.9 Å². The third-order valence-corrected chi connectivity index (χ3v) is 4.75. The Labute approximate surface area is 196 Å². The quantitative estimate of drug-likeness (QED) is 0.369. The van der Waals surface area contributed by atoms with Crippen LogP contribution in [0.1, 0.15) is 11.1 Å². The van der Waals surface area contributed by atoms with E-state index < -0.39 is 23.1 Å². The van der Waals surface area contributed by atoms with Gasteiger partial charge in [-0.3, -0.25) is 0 Å². The molecule has 0 spiro atoms. The Morgan fingerprint density at radius 3 is 1.00 bits per heavy atom. The SMILES string of the molecule is COc1cc(/C=C(C(=O)O)\C(=C/c2cc(OC)c(OC)c(OC)c2)C(=O)O)cc(OC)c1OC. The van der Waals surface area contributed by atoms with Gasteiger partial charge in [-0.2, -0.15) is 0 Å². The van der Waals surface area contributed by atoms with Gasteiger partial charge in [0, 0.05) is 0 Å². The fourth-order valence-corrected chi connectivity index (χ4v) is 3.21. The monoisotopic (exact) mass is 474 g/mol. The molecule has 34 heavy (non-hydrogen) atoms. The normalized spacial score (nSPS) is 11.5. The Morgan fingerprint density at radius 2 is 0.824 bits per heavy atom. The summed E-state index contributed by atoms with van der Waals surface area (Å²) in [5, 5.41) is 19.7. The second-order valence-corrected chi connectivity index (χ2v) is 6.64. The van der Waals surface area contributed by atoms with Crippen LogP contribution in [0.4, 0.5) is 0 Å². The number of carboxylic acids is 2. The number of carbonyl (C=O) groups is 2. The van der Waals surface area contributed by atoms with Crippen molar-refractivity contribution >= 4 is 24.1 Å². The number of methoxy groups -OCH3 is 6. The first-order chi connectivity index (χ1) is 16.2. The van der Waals surface area contributed by atoms with E-state index in [9.17, 15) is 19.8 Å². The minimum atomic E-state index is -1.45. The molecule has 0 saturated heterocycles. The molecule has 182 valence electrons. The molecule has 0 heterocycles. The topological polar surface area (TPSA) is 130 Å². The molecule has 0 fully saturated rings. The number of ether oxygens (including phenoxy) is 6. The van der Waals surface area contributed by atoms with E-state index in [1.165, 1.54) is 79.1 Å². The fourth-order valence-electron chi connectivity index (χ4n) is 3.21. The van der Waals surface area contributed by atoms with Crippen molar-refractivity contribution in [3.05, 3.63) is 46.5 Å². The summed E-state index contributed by atoms with van der Waals surface area (Å²) in [4.78, 5) is 24.2. The van der Waals surface area contributed by atoms with E-state index >= 15 is 0 Å². The third-order valence-electron chi connectivity index (χ3n) is 4.75. The summed E-state index contributed by atoms with van der Waals surface area (Å²) >= 11 is 0. The molecule has 10 heteroatoms. The van der Waals surface area contributed by atoms with Crippen molar-refractivity contribution in [2.75, 3.05) is 42.7 Å². The van der Waals surface area contributed by atoms with E-state index in [2.05, 4.69) is 0 Å². The van der Waals surface area contributed by atoms with Crippen molar-refractivity contribution in [3.63, 3.8) is 0 Å². The van der Waals surface area contributed by atoms with Crippen LogP contribution in [-0.2, 0) is 9.59 Å². The highest BCUT2D eigenvalue weighted by atomic mass is 16.5. The third kappa shape index (κ3) is 5.52. The van der Waals surface area contributed by atoms with Crippen molar-refractivity contribution in [2.24, 2.45) is 0 Å². The highest BCUT2D eigenvalue weighted by molar-refractivity contribution is 6.11. The van der Waals surface area contributed by atoms with Crippen molar-refractivity contribution < 1.29 is 48.2 Å². The van der Waals surface area contributed by atoms with Crippen LogP contribution in [0.25, 0.3) is 12.2 Å². The highest BCUT2D eigenvalue weighted by Gasteiger charge is 2.22. The number of benzene rings is 2. The van der Waals surface area contributed by atoms with Gasteiger partial charge in [0.15, 0.2) is 23.0 Å². The van der Waals surface area contributed by atoms with Crippen LogP contribution < -0.4 is 28.4 Å². The van der Waals surface area contributed by atoms with Crippen molar-refractivity contribution in [1.29, 1.82) is 0 Å². The lowest BCUT2D eigenvalue weighted by Crippen LogP contribution is -2.11. The molecule has 0 unspecified atom stereocenters. The van der Waals surface area contributed by atoms with Gasteiger partial charge in [0.05, 0.1) is 53.8 Å². The molecule has 0 aliphatic rings. The molecule has 0 aliphatic carbocycles. The predicted octanol–water partition coefficient (Wildman–Crippen LogP) is 3.37. The van der Waals surface area contributed by atoms with Crippen molar-refractivity contribution in [1.82, 2.24) is 0 Å². The number of rotatable bonds is 11. The standard InChI is InChI=1S/C24H26O10/c1-29-17-9-13(10-18(30-2)21(17)33-5)7-15(23(25)26)16(24(27)28)8-14-11-19(31-3)22(34-6)20(12-14)32-4/h7-12H,1-6H3,(H,25,26)(H,27,28)/b15-7+,16-8+. The molecule has 0 aromatic heterocycles. The largest absolute Gasteiger partial charge is 0.493 e. The average Bonchev–Trinajstić information content (AvgIpc) is 2.84. The van der Waals surface area contributed by atoms with Crippen LogP contribution in [0.2, 0.25) is 0 Å². The first-order valence-corrected chi connectivity index (χ1v) is 9.74. The number of hydrogen-bond donors (Lipinski definition) is 2. The first kappa shape index (κ1) is 25.9. The smallest absolute Gasteiger partial charge is 0.336 e. The second-order valence-electron chi connectivity index (χ2n) is 6.64. The maximum absolute atomic E-state index is 12.1. The summed E-state index contributed by atoms with van der Waals surface area (Å²) in [6.07, 6.45) is 2.40. The summed E-state index contributed by atoms with van der Waals surface area (Å²) in [6.45, 7) is 0. The number of carboxylic acid groups (broad SMARTS) is 2. The summed E-state index contributed by atoms with van der Waals surface area (Å²) in [5.41, 5.74) is -0.307. The summed E-state index contributed by atoms with van der Waals surface area (Å²) in [6, 6.07) is 6.01. The Balaban J connectivity index is 2.74. The van der Waals surface area contributed by atoms with E-state index in [1.54, 1.807) is 0 Å². The van der Waals surface area contributed by atoms with Crippen molar-refractivity contribution in [2.45, 2.75) is 0 Å². The van der Waals surface area contributed by atoms with Gasteiger partial charge in [-0.25, -0.2) is 9.59 Å². The Morgan fingerprint density at radius 1 is 0.559 bits per heavy atom. The van der Waals surface area contributed by atoms with Gasteiger partial charge in [-0.1, -0.05) is 0 Å².